The quantitative estimate of drug-likeness (QED) is 0.846. The molecule has 3 unspecified atom stereocenters. The first kappa shape index (κ1) is 15.3. The minimum Gasteiger partial charge on any atom is -0.393 e. The normalized spacial score (nSPS) is 35.7. The Kier molecular flexibility index (Phi) is 5.20. The number of carbonyl (C=O) groups is 1. The van der Waals surface area contributed by atoms with E-state index in [9.17, 15) is 9.90 Å². The second-order valence-electron chi connectivity index (χ2n) is 7.45. The van der Waals surface area contributed by atoms with Gasteiger partial charge in [-0.2, -0.15) is 0 Å². The van der Waals surface area contributed by atoms with E-state index < -0.39 is 0 Å². The first-order valence-corrected chi connectivity index (χ1v) is 9.26. The highest BCUT2D eigenvalue weighted by Crippen LogP contribution is 2.37. The van der Waals surface area contributed by atoms with Crippen LogP contribution >= 0.6 is 0 Å². The van der Waals surface area contributed by atoms with Crippen LogP contribution in [0.15, 0.2) is 0 Å². The van der Waals surface area contributed by atoms with E-state index in [-0.39, 0.29) is 12.0 Å². The highest BCUT2D eigenvalue weighted by atomic mass is 16.3. The van der Waals surface area contributed by atoms with E-state index in [2.05, 4.69) is 4.90 Å². The average Bonchev–Trinajstić information content (AvgIpc) is 3.05. The van der Waals surface area contributed by atoms with Gasteiger partial charge in [-0.3, -0.25) is 4.79 Å². The Hall–Kier alpha value is -0.570. The lowest BCUT2D eigenvalue weighted by atomic mass is 9.88. The molecule has 0 bridgehead atoms. The molecule has 2 aliphatic carbocycles. The Bertz CT molecular complexity index is 349. The molecule has 2 saturated carbocycles. The van der Waals surface area contributed by atoms with Crippen molar-refractivity contribution in [3.63, 3.8) is 0 Å². The number of carbonyl (C=O) groups excluding carboxylic acids is 1. The molecule has 1 amide bonds. The van der Waals surface area contributed by atoms with E-state index in [1.165, 1.54) is 32.1 Å². The number of amides is 1. The Morgan fingerprint density at radius 2 is 1.52 bits per heavy atom. The molecule has 0 aromatic carbocycles. The van der Waals surface area contributed by atoms with Crippen molar-refractivity contribution in [2.24, 2.45) is 11.8 Å². The van der Waals surface area contributed by atoms with Gasteiger partial charge in [-0.1, -0.05) is 38.5 Å². The maximum absolute atomic E-state index is 13.0. The fraction of sp³-hybridized carbons (Fsp3) is 0.944. The van der Waals surface area contributed by atoms with Crippen molar-refractivity contribution in [2.45, 2.75) is 89.2 Å². The van der Waals surface area contributed by atoms with Crippen molar-refractivity contribution in [1.82, 2.24) is 4.90 Å². The van der Waals surface area contributed by atoms with E-state index >= 15 is 0 Å². The molecule has 3 heteroatoms. The van der Waals surface area contributed by atoms with Crippen LogP contribution in [0, 0.1) is 11.8 Å². The van der Waals surface area contributed by atoms with Crippen molar-refractivity contribution in [3.8, 4) is 0 Å². The van der Waals surface area contributed by atoms with Gasteiger partial charge in [-0.05, 0) is 38.5 Å². The van der Waals surface area contributed by atoms with E-state index in [0.29, 0.717) is 17.9 Å². The number of likely N-dealkylation sites (tertiary alicyclic amines) is 1. The van der Waals surface area contributed by atoms with Crippen LogP contribution in [0.2, 0.25) is 0 Å². The molecule has 0 spiro atoms. The molecule has 3 fully saturated rings. The Morgan fingerprint density at radius 1 is 0.810 bits per heavy atom. The van der Waals surface area contributed by atoms with Crippen LogP contribution in [0.3, 0.4) is 0 Å². The zero-order valence-electron chi connectivity index (χ0n) is 13.3. The van der Waals surface area contributed by atoms with Gasteiger partial charge in [0.2, 0.25) is 5.91 Å². The second-order valence-corrected chi connectivity index (χ2v) is 7.45. The minimum atomic E-state index is -0.166. The van der Waals surface area contributed by atoms with Crippen molar-refractivity contribution in [2.75, 3.05) is 6.54 Å². The molecule has 21 heavy (non-hydrogen) atoms. The fourth-order valence-corrected chi connectivity index (χ4v) is 4.87. The van der Waals surface area contributed by atoms with E-state index in [0.717, 1.165) is 51.5 Å². The molecule has 1 saturated heterocycles. The molecule has 0 radical (unpaired) electrons. The monoisotopic (exact) mass is 293 g/mol. The van der Waals surface area contributed by atoms with E-state index in [1.54, 1.807) is 0 Å². The summed E-state index contributed by atoms with van der Waals surface area (Å²) in [5.74, 6) is 1.04. The summed E-state index contributed by atoms with van der Waals surface area (Å²) < 4.78 is 0. The minimum absolute atomic E-state index is 0.166. The van der Waals surface area contributed by atoms with Crippen molar-refractivity contribution >= 4 is 5.91 Å². The van der Waals surface area contributed by atoms with Gasteiger partial charge in [0, 0.05) is 24.4 Å². The highest BCUT2D eigenvalue weighted by molar-refractivity contribution is 5.79. The van der Waals surface area contributed by atoms with Gasteiger partial charge in [0.05, 0.1) is 6.10 Å². The third-order valence-electron chi connectivity index (χ3n) is 6.06. The summed E-state index contributed by atoms with van der Waals surface area (Å²) in [5, 5.41) is 10.2. The highest BCUT2D eigenvalue weighted by Gasteiger charge is 2.41. The zero-order valence-corrected chi connectivity index (χ0v) is 13.3. The Labute approximate surface area is 129 Å². The largest absolute Gasteiger partial charge is 0.393 e. The molecule has 1 heterocycles. The summed E-state index contributed by atoms with van der Waals surface area (Å²) in [7, 11) is 0. The van der Waals surface area contributed by atoms with Gasteiger partial charge in [0.15, 0.2) is 0 Å². The average molecular weight is 293 g/mol. The molecule has 3 aliphatic rings. The SMILES string of the molecule is O=C(C1CCCCCCC1)N1CCCC1C1CCCC1O. The first-order chi connectivity index (χ1) is 10.3. The summed E-state index contributed by atoms with van der Waals surface area (Å²) in [6.45, 7) is 0.934. The van der Waals surface area contributed by atoms with Gasteiger partial charge in [0.1, 0.15) is 0 Å². The molecule has 3 nitrogen and oxygen atoms in total. The van der Waals surface area contributed by atoms with Gasteiger partial charge >= 0.3 is 0 Å². The maximum Gasteiger partial charge on any atom is 0.225 e. The molecule has 120 valence electrons. The van der Waals surface area contributed by atoms with Crippen LogP contribution in [0.4, 0.5) is 0 Å². The van der Waals surface area contributed by atoms with Crippen LogP contribution in [0.25, 0.3) is 0 Å². The predicted molar refractivity (Wildman–Crippen MR) is 83.9 cm³/mol. The van der Waals surface area contributed by atoms with Gasteiger partial charge in [-0.15, -0.1) is 0 Å². The van der Waals surface area contributed by atoms with Crippen molar-refractivity contribution in [3.05, 3.63) is 0 Å². The van der Waals surface area contributed by atoms with E-state index in [1.807, 2.05) is 0 Å². The van der Waals surface area contributed by atoms with E-state index in [4.69, 9.17) is 0 Å². The smallest absolute Gasteiger partial charge is 0.225 e. The molecule has 3 rings (SSSR count). The number of aliphatic hydroxyl groups is 1. The summed E-state index contributed by atoms with van der Waals surface area (Å²) >= 11 is 0. The molecule has 0 aromatic heterocycles. The van der Waals surface area contributed by atoms with Crippen LogP contribution < -0.4 is 0 Å². The fourth-order valence-electron chi connectivity index (χ4n) is 4.87. The maximum atomic E-state index is 13.0. The molecule has 1 N–H and O–H groups in total. The lowest BCUT2D eigenvalue weighted by molar-refractivity contribution is -0.138. The van der Waals surface area contributed by atoms with Gasteiger partial charge in [-0.25, -0.2) is 0 Å². The lowest BCUT2D eigenvalue weighted by Crippen LogP contribution is -2.45. The van der Waals surface area contributed by atoms with Crippen LogP contribution in [0.1, 0.15) is 77.0 Å². The predicted octanol–water partition coefficient (Wildman–Crippen LogP) is 3.50. The molecule has 3 atom stereocenters. The van der Waals surface area contributed by atoms with Crippen LogP contribution in [0.5, 0.6) is 0 Å². The summed E-state index contributed by atoms with van der Waals surface area (Å²) in [6.07, 6.45) is 13.8. The standard InChI is InChI=1S/C18H31NO2/c20-17-12-6-10-15(17)16-11-7-13-19(16)18(21)14-8-4-2-1-3-5-9-14/h14-17,20H,1-13H2. The van der Waals surface area contributed by atoms with Crippen molar-refractivity contribution in [1.29, 1.82) is 0 Å². The second kappa shape index (κ2) is 7.13. The zero-order chi connectivity index (χ0) is 14.7. The number of rotatable bonds is 2. The number of aliphatic hydroxyl groups excluding tert-OH is 1. The third-order valence-corrected chi connectivity index (χ3v) is 6.06. The summed E-state index contributed by atoms with van der Waals surface area (Å²) in [4.78, 5) is 15.2. The lowest BCUT2D eigenvalue weighted by Gasteiger charge is -2.34. The summed E-state index contributed by atoms with van der Waals surface area (Å²) in [5.41, 5.74) is 0. The number of hydrogen-bond acceptors (Lipinski definition) is 2. The molecule has 0 aromatic rings. The topological polar surface area (TPSA) is 40.5 Å². The van der Waals surface area contributed by atoms with Crippen molar-refractivity contribution < 1.29 is 9.90 Å². The first-order valence-electron chi connectivity index (χ1n) is 9.26. The van der Waals surface area contributed by atoms with Gasteiger partial charge in [0.25, 0.3) is 0 Å². The Morgan fingerprint density at radius 3 is 2.19 bits per heavy atom. The summed E-state index contributed by atoms with van der Waals surface area (Å²) in [6, 6.07) is 0.334. The van der Waals surface area contributed by atoms with Crippen LogP contribution in [-0.2, 0) is 4.79 Å². The number of hydrogen-bond donors (Lipinski definition) is 1. The molecular weight excluding hydrogens is 262 g/mol. The molecular formula is C18H31NO2. The third kappa shape index (κ3) is 3.44. The van der Waals surface area contributed by atoms with Crippen LogP contribution in [-0.4, -0.2) is 34.6 Å². The Balaban J connectivity index is 1.64. The number of nitrogens with zero attached hydrogens (tertiary/aromatic N) is 1. The van der Waals surface area contributed by atoms with Gasteiger partial charge < -0.3 is 10.0 Å². The molecule has 1 aliphatic heterocycles.